The standard InChI is InChI=1S/C29H27FN4O3/c1-28(16-19-7-9-25(36-3)23(30)14-19)17-29(26(35)34(2)27(32)33-29)22-15-21(8-10-24(22)37-28)20-6-4-5-18(13-20)11-12-31/h4-10,13-15H,11,16-17H2,1-3H3,(H2,32,33). The number of halogens is 1. The molecule has 2 unspecified atom stereocenters. The third kappa shape index (κ3) is 4.16. The number of nitrogens with zero attached hydrogens (tertiary/aromatic N) is 3. The van der Waals surface area contributed by atoms with E-state index in [1.54, 1.807) is 19.2 Å². The molecule has 37 heavy (non-hydrogen) atoms. The smallest absolute Gasteiger partial charge is 0.261 e. The summed E-state index contributed by atoms with van der Waals surface area (Å²) < 4.78 is 26.0. The fraction of sp³-hybridized carbons (Fsp3) is 0.276. The number of rotatable bonds is 5. The summed E-state index contributed by atoms with van der Waals surface area (Å²) in [5, 5.41) is 9.09. The van der Waals surface area contributed by atoms with Gasteiger partial charge in [-0.15, -0.1) is 0 Å². The summed E-state index contributed by atoms with van der Waals surface area (Å²) in [5.41, 5.74) is 8.05. The number of likely N-dealkylation sites (N-methyl/N-ethyl adjacent to an activating group) is 1. The average molecular weight is 499 g/mol. The van der Waals surface area contributed by atoms with Gasteiger partial charge in [-0.25, -0.2) is 9.38 Å². The Hall–Kier alpha value is -4.38. The maximum absolute atomic E-state index is 14.4. The zero-order valence-electron chi connectivity index (χ0n) is 20.9. The lowest BCUT2D eigenvalue weighted by molar-refractivity contribution is -0.133. The van der Waals surface area contributed by atoms with Gasteiger partial charge in [0.1, 0.15) is 11.4 Å². The van der Waals surface area contributed by atoms with Crippen LogP contribution in [0.2, 0.25) is 0 Å². The third-order valence-corrected chi connectivity index (χ3v) is 7.06. The van der Waals surface area contributed by atoms with E-state index in [-0.39, 0.29) is 24.0 Å². The number of hydrogen-bond donors (Lipinski definition) is 1. The zero-order valence-corrected chi connectivity index (χ0v) is 20.9. The van der Waals surface area contributed by atoms with E-state index >= 15 is 0 Å². The van der Waals surface area contributed by atoms with E-state index in [1.165, 1.54) is 18.1 Å². The predicted octanol–water partition coefficient (Wildman–Crippen LogP) is 4.33. The summed E-state index contributed by atoms with van der Waals surface area (Å²) >= 11 is 0. The number of guanidine groups is 1. The van der Waals surface area contributed by atoms with Crippen molar-refractivity contribution in [1.29, 1.82) is 5.26 Å². The van der Waals surface area contributed by atoms with Crippen LogP contribution in [0.15, 0.2) is 65.7 Å². The minimum absolute atomic E-state index is 0.136. The van der Waals surface area contributed by atoms with E-state index in [0.717, 1.165) is 16.7 Å². The molecule has 0 saturated heterocycles. The highest BCUT2D eigenvalue weighted by Crippen LogP contribution is 2.50. The van der Waals surface area contributed by atoms with E-state index in [2.05, 4.69) is 6.07 Å². The second kappa shape index (κ2) is 8.93. The molecular weight excluding hydrogens is 471 g/mol. The van der Waals surface area contributed by atoms with Gasteiger partial charge in [-0.2, -0.15) is 5.26 Å². The third-order valence-electron chi connectivity index (χ3n) is 7.06. The summed E-state index contributed by atoms with van der Waals surface area (Å²) in [6.07, 6.45) is 0.877. The molecule has 7 nitrogen and oxygen atoms in total. The normalized spacial score (nSPS) is 22.3. The summed E-state index contributed by atoms with van der Waals surface area (Å²) in [4.78, 5) is 19.7. The SMILES string of the molecule is COc1ccc(CC2(C)CC3(N=C(N)N(C)C3=O)c3cc(-c4cccc(CC#N)c4)ccc3O2)cc1F. The van der Waals surface area contributed by atoms with Gasteiger partial charge in [0.15, 0.2) is 23.1 Å². The Labute approximate surface area is 214 Å². The van der Waals surface area contributed by atoms with Crippen molar-refractivity contribution >= 4 is 11.9 Å². The van der Waals surface area contributed by atoms with Crippen molar-refractivity contribution in [3.05, 3.63) is 83.2 Å². The highest BCUT2D eigenvalue weighted by atomic mass is 19.1. The number of nitriles is 1. The van der Waals surface area contributed by atoms with Gasteiger partial charge in [-0.05, 0) is 53.4 Å². The lowest BCUT2D eigenvalue weighted by Gasteiger charge is -2.43. The van der Waals surface area contributed by atoms with Crippen molar-refractivity contribution in [2.45, 2.75) is 37.3 Å². The molecule has 188 valence electrons. The highest BCUT2D eigenvalue weighted by molar-refractivity contribution is 6.07. The Morgan fingerprint density at radius 1 is 1.16 bits per heavy atom. The van der Waals surface area contributed by atoms with E-state index < -0.39 is 17.0 Å². The maximum Gasteiger partial charge on any atom is 0.261 e. The Balaban J connectivity index is 1.59. The molecule has 1 spiro atoms. The molecular formula is C29H27FN4O3. The van der Waals surface area contributed by atoms with Gasteiger partial charge in [0.05, 0.1) is 19.6 Å². The Morgan fingerprint density at radius 2 is 1.95 bits per heavy atom. The quantitative estimate of drug-likeness (QED) is 0.564. The van der Waals surface area contributed by atoms with Crippen LogP contribution in [0.25, 0.3) is 11.1 Å². The molecule has 0 aliphatic carbocycles. The van der Waals surface area contributed by atoms with Crippen molar-refractivity contribution in [1.82, 2.24) is 4.90 Å². The summed E-state index contributed by atoms with van der Waals surface area (Å²) in [5.74, 6) is 0.127. The number of ether oxygens (including phenoxy) is 2. The van der Waals surface area contributed by atoms with E-state index in [1.807, 2.05) is 49.4 Å². The van der Waals surface area contributed by atoms with Gasteiger partial charge in [-0.1, -0.05) is 36.4 Å². The molecule has 3 aromatic carbocycles. The first-order valence-electron chi connectivity index (χ1n) is 11.9. The van der Waals surface area contributed by atoms with Crippen molar-refractivity contribution in [2.75, 3.05) is 14.2 Å². The van der Waals surface area contributed by atoms with Gasteiger partial charge >= 0.3 is 0 Å². The highest BCUT2D eigenvalue weighted by Gasteiger charge is 2.56. The van der Waals surface area contributed by atoms with Crippen molar-refractivity contribution in [3.63, 3.8) is 0 Å². The van der Waals surface area contributed by atoms with Gasteiger partial charge in [0.25, 0.3) is 5.91 Å². The molecule has 0 saturated carbocycles. The van der Waals surface area contributed by atoms with Crippen LogP contribution in [0.3, 0.4) is 0 Å². The van der Waals surface area contributed by atoms with Crippen LogP contribution in [0.4, 0.5) is 4.39 Å². The van der Waals surface area contributed by atoms with Crippen molar-refractivity contribution in [2.24, 2.45) is 10.7 Å². The lowest BCUT2D eigenvalue weighted by atomic mass is 9.74. The summed E-state index contributed by atoms with van der Waals surface area (Å²) in [7, 11) is 3.03. The van der Waals surface area contributed by atoms with Gasteiger partial charge < -0.3 is 15.2 Å². The van der Waals surface area contributed by atoms with Gasteiger partial charge in [0, 0.05) is 25.5 Å². The first-order chi connectivity index (χ1) is 17.7. The number of methoxy groups -OCH3 is 1. The number of hydrogen-bond acceptors (Lipinski definition) is 6. The number of fused-ring (bicyclic) bond motifs is 2. The molecule has 2 aliphatic heterocycles. The Kier molecular flexibility index (Phi) is 5.87. The molecule has 1 amide bonds. The van der Waals surface area contributed by atoms with E-state index in [4.69, 9.17) is 25.5 Å². The van der Waals surface area contributed by atoms with Crippen LogP contribution in [-0.4, -0.2) is 36.5 Å². The number of nitrogens with two attached hydrogens (primary N) is 1. The number of carbonyl (C=O) groups is 1. The largest absolute Gasteiger partial charge is 0.494 e. The summed E-state index contributed by atoms with van der Waals surface area (Å²) in [6, 6.07) is 20.4. The van der Waals surface area contributed by atoms with Crippen LogP contribution in [-0.2, 0) is 23.2 Å². The average Bonchev–Trinajstić information content (AvgIpc) is 3.07. The fourth-order valence-corrected chi connectivity index (χ4v) is 5.35. The molecule has 0 radical (unpaired) electrons. The molecule has 2 heterocycles. The van der Waals surface area contributed by atoms with Crippen molar-refractivity contribution in [3.8, 4) is 28.7 Å². The zero-order chi connectivity index (χ0) is 26.4. The minimum atomic E-state index is -1.27. The van der Waals surface area contributed by atoms with Crippen LogP contribution in [0.1, 0.15) is 30.0 Å². The van der Waals surface area contributed by atoms with Crippen LogP contribution in [0, 0.1) is 17.1 Å². The van der Waals surface area contributed by atoms with Gasteiger partial charge in [-0.3, -0.25) is 9.69 Å². The molecule has 8 heteroatoms. The predicted molar refractivity (Wildman–Crippen MR) is 138 cm³/mol. The molecule has 2 N–H and O–H groups in total. The number of carbonyl (C=O) groups excluding carboxylic acids is 1. The maximum atomic E-state index is 14.4. The second-order valence-electron chi connectivity index (χ2n) is 9.82. The minimum Gasteiger partial charge on any atom is -0.494 e. The van der Waals surface area contributed by atoms with Crippen LogP contribution >= 0.6 is 0 Å². The molecule has 3 aromatic rings. The number of aliphatic imine (C=N–C) groups is 1. The molecule has 5 rings (SSSR count). The molecule has 0 bridgehead atoms. The first kappa shape index (κ1) is 24.3. The molecule has 2 atom stereocenters. The van der Waals surface area contributed by atoms with Gasteiger partial charge in [0.2, 0.25) is 0 Å². The van der Waals surface area contributed by atoms with Crippen molar-refractivity contribution < 1.29 is 18.7 Å². The lowest BCUT2D eigenvalue weighted by Crippen LogP contribution is -2.51. The summed E-state index contributed by atoms with van der Waals surface area (Å²) in [6.45, 7) is 1.90. The van der Waals surface area contributed by atoms with E-state index in [9.17, 15) is 9.18 Å². The number of amides is 1. The fourth-order valence-electron chi connectivity index (χ4n) is 5.35. The Morgan fingerprint density at radius 3 is 2.62 bits per heavy atom. The Bertz CT molecular complexity index is 1480. The topological polar surface area (TPSA) is 101 Å². The van der Waals surface area contributed by atoms with E-state index in [0.29, 0.717) is 29.7 Å². The number of benzene rings is 3. The molecule has 2 aliphatic rings. The molecule has 0 fully saturated rings. The molecule has 0 aromatic heterocycles. The first-order valence-corrected chi connectivity index (χ1v) is 11.9. The monoisotopic (exact) mass is 498 g/mol. The van der Waals surface area contributed by atoms with Crippen LogP contribution < -0.4 is 15.2 Å². The second-order valence-corrected chi connectivity index (χ2v) is 9.82. The van der Waals surface area contributed by atoms with Crippen LogP contribution in [0.5, 0.6) is 11.5 Å².